The van der Waals surface area contributed by atoms with Crippen LogP contribution in [0.15, 0.2) is 21.3 Å². The van der Waals surface area contributed by atoms with Gasteiger partial charge in [-0.15, -0.1) is 0 Å². The summed E-state index contributed by atoms with van der Waals surface area (Å²) in [5, 5.41) is 12.9. The zero-order valence-corrected chi connectivity index (χ0v) is 10.5. The number of aromatic nitrogens is 1. The third-order valence-electron chi connectivity index (χ3n) is 3.65. The molecule has 0 radical (unpaired) electrons. The fraction of sp³-hybridized carbons (Fsp3) is 0.462. The number of oxazole rings is 1. The molecule has 0 atom stereocenters. The van der Waals surface area contributed by atoms with Gasteiger partial charge in [0.2, 0.25) is 0 Å². The molecule has 102 valence electrons. The normalized spacial score (nSPS) is 23.6. The van der Waals surface area contributed by atoms with E-state index >= 15 is 0 Å². The van der Waals surface area contributed by atoms with Gasteiger partial charge in [0.05, 0.1) is 23.0 Å². The molecule has 6 heteroatoms. The Balaban J connectivity index is 1.84. The summed E-state index contributed by atoms with van der Waals surface area (Å²) in [4.78, 5) is 13.7. The van der Waals surface area contributed by atoms with Crippen LogP contribution in [0.2, 0.25) is 0 Å². The number of fused-ring (bicyclic) bond motifs is 1. The first-order chi connectivity index (χ1) is 9.11. The van der Waals surface area contributed by atoms with E-state index in [1.165, 1.54) is 0 Å². The molecule has 1 aromatic carbocycles. The lowest BCUT2D eigenvalue weighted by Crippen LogP contribution is -2.28. The Morgan fingerprint density at radius 1 is 1.32 bits per heavy atom. The van der Waals surface area contributed by atoms with E-state index in [1.807, 2.05) is 0 Å². The maximum Gasteiger partial charge on any atom is 0.417 e. The van der Waals surface area contributed by atoms with Gasteiger partial charge in [-0.25, -0.2) is 4.79 Å². The lowest BCUT2D eigenvalue weighted by atomic mass is 9.93. The van der Waals surface area contributed by atoms with Crippen molar-refractivity contribution in [3.8, 4) is 0 Å². The first kappa shape index (κ1) is 12.1. The molecule has 3 rings (SSSR count). The van der Waals surface area contributed by atoms with Gasteiger partial charge in [0.1, 0.15) is 0 Å². The fourth-order valence-corrected chi connectivity index (χ4v) is 2.58. The Morgan fingerprint density at radius 3 is 2.79 bits per heavy atom. The predicted octanol–water partition coefficient (Wildman–Crippen LogP) is 1.42. The van der Waals surface area contributed by atoms with Crippen molar-refractivity contribution in [3.05, 3.63) is 22.7 Å². The summed E-state index contributed by atoms with van der Waals surface area (Å²) < 4.78 is 4.96. The second-order valence-corrected chi connectivity index (χ2v) is 5.10. The smallest absolute Gasteiger partial charge is 0.408 e. The lowest BCUT2D eigenvalue weighted by molar-refractivity contribution is 0.126. The number of rotatable bonds is 2. The van der Waals surface area contributed by atoms with Crippen LogP contribution in [0.3, 0.4) is 0 Å². The van der Waals surface area contributed by atoms with Crippen molar-refractivity contribution in [2.75, 3.05) is 11.1 Å². The van der Waals surface area contributed by atoms with Crippen LogP contribution in [-0.2, 0) is 0 Å². The van der Waals surface area contributed by atoms with Crippen molar-refractivity contribution in [1.29, 1.82) is 0 Å². The molecule has 2 aromatic rings. The molecule has 0 aliphatic heterocycles. The number of hydrogen-bond donors (Lipinski definition) is 4. The fourth-order valence-electron chi connectivity index (χ4n) is 2.58. The highest BCUT2D eigenvalue weighted by Gasteiger charge is 2.20. The molecule has 1 aromatic heterocycles. The van der Waals surface area contributed by atoms with Gasteiger partial charge in [-0.05, 0) is 31.7 Å². The van der Waals surface area contributed by atoms with Gasteiger partial charge >= 0.3 is 5.76 Å². The third kappa shape index (κ3) is 2.44. The minimum atomic E-state index is -0.479. The van der Waals surface area contributed by atoms with Crippen molar-refractivity contribution in [2.45, 2.75) is 37.8 Å². The SMILES string of the molecule is Nc1cc2oc(=O)[nH]c2cc1NC1CCC(O)CC1. The molecule has 1 heterocycles. The van der Waals surface area contributed by atoms with Crippen molar-refractivity contribution in [1.82, 2.24) is 4.98 Å². The molecule has 0 amide bonds. The van der Waals surface area contributed by atoms with Crippen LogP contribution in [0, 0.1) is 0 Å². The number of aromatic amines is 1. The molecule has 0 saturated heterocycles. The summed E-state index contributed by atoms with van der Waals surface area (Å²) in [6.07, 6.45) is 3.27. The van der Waals surface area contributed by atoms with Crippen LogP contribution in [0.25, 0.3) is 11.1 Å². The number of nitrogen functional groups attached to an aromatic ring is 1. The van der Waals surface area contributed by atoms with Gasteiger partial charge in [0, 0.05) is 12.1 Å². The Kier molecular flexibility index (Phi) is 2.94. The van der Waals surface area contributed by atoms with Crippen molar-refractivity contribution >= 4 is 22.5 Å². The molecule has 19 heavy (non-hydrogen) atoms. The largest absolute Gasteiger partial charge is 0.417 e. The van der Waals surface area contributed by atoms with E-state index in [-0.39, 0.29) is 6.10 Å². The number of benzene rings is 1. The van der Waals surface area contributed by atoms with E-state index in [9.17, 15) is 9.90 Å². The highest BCUT2D eigenvalue weighted by atomic mass is 16.4. The maximum atomic E-state index is 11.1. The number of anilines is 2. The topological polar surface area (TPSA) is 104 Å². The highest BCUT2D eigenvalue weighted by Crippen LogP contribution is 2.28. The summed E-state index contributed by atoms with van der Waals surface area (Å²) in [5.41, 5.74) is 8.41. The Bertz CT molecular complexity index is 638. The van der Waals surface area contributed by atoms with Crippen LogP contribution >= 0.6 is 0 Å². The van der Waals surface area contributed by atoms with Gasteiger partial charge in [0.25, 0.3) is 0 Å². The van der Waals surface area contributed by atoms with Crippen LogP contribution in [0.4, 0.5) is 11.4 Å². The molecule has 1 aliphatic rings. The van der Waals surface area contributed by atoms with E-state index < -0.39 is 5.76 Å². The van der Waals surface area contributed by atoms with Gasteiger partial charge in [-0.3, -0.25) is 4.98 Å². The Morgan fingerprint density at radius 2 is 2.05 bits per heavy atom. The minimum absolute atomic E-state index is 0.178. The Labute approximate surface area is 109 Å². The standard InChI is InChI=1S/C13H17N3O3/c14-9-5-12-11(16-13(18)19-12)6-10(9)15-7-1-3-8(17)4-2-7/h5-8,15,17H,1-4,14H2,(H,16,18). The first-order valence-electron chi connectivity index (χ1n) is 6.49. The lowest BCUT2D eigenvalue weighted by Gasteiger charge is -2.27. The number of hydrogen-bond acceptors (Lipinski definition) is 5. The van der Waals surface area contributed by atoms with Gasteiger partial charge < -0.3 is 20.6 Å². The number of aliphatic hydroxyl groups excluding tert-OH is 1. The molecule has 0 spiro atoms. The van der Waals surface area contributed by atoms with Crippen LogP contribution in [0.1, 0.15) is 25.7 Å². The second-order valence-electron chi connectivity index (χ2n) is 5.10. The Hall–Kier alpha value is -1.95. The summed E-state index contributed by atoms with van der Waals surface area (Å²) >= 11 is 0. The zero-order valence-electron chi connectivity index (χ0n) is 10.5. The van der Waals surface area contributed by atoms with Gasteiger partial charge in [-0.2, -0.15) is 0 Å². The number of nitrogens with one attached hydrogen (secondary N) is 2. The molecule has 0 unspecified atom stereocenters. The average Bonchev–Trinajstić information content (AvgIpc) is 2.72. The van der Waals surface area contributed by atoms with Crippen LogP contribution in [0.5, 0.6) is 0 Å². The zero-order chi connectivity index (χ0) is 13.4. The second kappa shape index (κ2) is 4.62. The summed E-state index contributed by atoms with van der Waals surface area (Å²) in [7, 11) is 0. The summed E-state index contributed by atoms with van der Waals surface area (Å²) in [5.74, 6) is -0.479. The summed E-state index contributed by atoms with van der Waals surface area (Å²) in [6.45, 7) is 0. The number of nitrogens with two attached hydrogens (primary N) is 1. The molecule has 6 nitrogen and oxygen atoms in total. The number of aliphatic hydroxyl groups is 1. The predicted molar refractivity (Wildman–Crippen MR) is 73.1 cm³/mol. The number of H-pyrrole nitrogens is 1. The van der Waals surface area contributed by atoms with E-state index in [2.05, 4.69) is 10.3 Å². The van der Waals surface area contributed by atoms with Crippen molar-refractivity contribution < 1.29 is 9.52 Å². The molecular formula is C13H17N3O3. The summed E-state index contributed by atoms with van der Waals surface area (Å²) in [6, 6.07) is 3.75. The van der Waals surface area contributed by atoms with E-state index in [1.54, 1.807) is 12.1 Å². The van der Waals surface area contributed by atoms with E-state index in [0.29, 0.717) is 22.8 Å². The molecule has 5 N–H and O–H groups in total. The monoisotopic (exact) mass is 263 g/mol. The van der Waals surface area contributed by atoms with Gasteiger partial charge in [0.15, 0.2) is 5.58 Å². The average molecular weight is 263 g/mol. The first-order valence-corrected chi connectivity index (χ1v) is 6.49. The molecule has 0 bridgehead atoms. The molecule has 1 fully saturated rings. The minimum Gasteiger partial charge on any atom is -0.408 e. The van der Waals surface area contributed by atoms with E-state index in [0.717, 1.165) is 31.4 Å². The highest BCUT2D eigenvalue weighted by molar-refractivity contribution is 5.85. The van der Waals surface area contributed by atoms with Crippen LogP contribution < -0.4 is 16.8 Å². The molecule has 1 saturated carbocycles. The van der Waals surface area contributed by atoms with Crippen LogP contribution in [-0.4, -0.2) is 22.2 Å². The quantitative estimate of drug-likeness (QED) is 0.613. The van der Waals surface area contributed by atoms with Crippen molar-refractivity contribution in [3.63, 3.8) is 0 Å². The van der Waals surface area contributed by atoms with E-state index in [4.69, 9.17) is 10.2 Å². The third-order valence-corrected chi connectivity index (χ3v) is 3.65. The molecular weight excluding hydrogens is 246 g/mol. The maximum absolute atomic E-state index is 11.1. The van der Waals surface area contributed by atoms with Crippen molar-refractivity contribution in [2.24, 2.45) is 0 Å². The van der Waals surface area contributed by atoms with Gasteiger partial charge in [-0.1, -0.05) is 0 Å². The molecule has 1 aliphatic carbocycles.